The monoisotopic (exact) mass is 362 g/mol. The Hall–Kier alpha value is -2.11. The molecule has 1 heterocycles. The molecule has 134 valence electrons. The van der Waals surface area contributed by atoms with Gasteiger partial charge in [-0.2, -0.15) is 0 Å². The van der Waals surface area contributed by atoms with Crippen LogP contribution in [0.15, 0.2) is 42.7 Å². The van der Waals surface area contributed by atoms with Gasteiger partial charge in [-0.25, -0.2) is 0 Å². The SMILES string of the molecule is CC[C@H](C)[C@H](NCc1cc(Cl)ccc1OCc1cccnc1)C(=O)O. The molecule has 0 aliphatic rings. The van der Waals surface area contributed by atoms with Crippen molar-refractivity contribution < 1.29 is 14.6 Å². The quantitative estimate of drug-likeness (QED) is 0.707. The third-order valence-corrected chi connectivity index (χ3v) is 4.37. The molecule has 1 aromatic carbocycles. The average Bonchev–Trinajstić information content (AvgIpc) is 2.61. The molecule has 0 amide bonds. The Morgan fingerprint density at radius 3 is 2.84 bits per heavy atom. The molecule has 0 aliphatic heterocycles. The van der Waals surface area contributed by atoms with Gasteiger partial charge in [0.2, 0.25) is 0 Å². The Bertz CT molecular complexity index is 694. The molecule has 2 aromatic rings. The van der Waals surface area contributed by atoms with Gasteiger partial charge in [0.05, 0.1) is 0 Å². The second kappa shape index (κ2) is 9.39. The summed E-state index contributed by atoms with van der Waals surface area (Å²) in [4.78, 5) is 15.5. The van der Waals surface area contributed by atoms with Crippen LogP contribution in [0.2, 0.25) is 5.02 Å². The molecule has 2 N–H and O–H groups in total. The third-order valence-electron chi connectivity index (χ3n) is 4.13. The maximum Gasteiger partial charge on any atom is 0.320 e. The number of aromatic nitrogens is 1. The fourth-order valence-electron chi connectivity index (χ4n) is 2.46. The van der Waals surface area contributed by atoms with E-state index < -0.39 is 12.0 Å². The van der Waals surface area contributed by atoms with Gasteiger partial charge >= 0.3 is 5.97 Å². The van der Waals surface area contributed by atoms with Gasteiger partial charge < -0.3 is 9.84 Å². The zero-order chi connectivity index (χ0) is 18.2. The highest BCUT2D eigenvalue weighted by Gasteiger charge is 2.23. The lowest BCUT2D eigenvalue weighted by Gasteiger charge is -2.21. The molecule has 0 saturated carbocycles. The van der Waals surface area contributed by atoms with Crippen LogP contribution in [0.3, 0.4) is 0 Å². The molecule has 6 heteroatoms. The minimum absolute atomic E-state index is 0.0245. The van der Waals surface area contributed by atoms with Crippen molar-refractivity contribution in [3.8, 4) is 5.75 Å². The third kappa shape index (κ3) is 5.73. The van der Waals surface area contributed by atoms with Crippen LogP contribution in [0.4, 0.5) is 0 Å². The predicted molar refractivity (Wildman–Crippen MR) is 97.7 cm³/mol. The summed E-state index contributed by atoms with van der Waals surface area (Å²) < 4.78 is 5.87. The van der Waals surface area contributed by atoms with Crippen molar-refractivity contribution in [1.29, 1.82) is 0 Å². The van der Waals surface area contributed by atoms with E-state index in [4.69, 9.17) is 16.3 Å². The minimum atomic E-state index is -0.853. The van der Waals surface area contributed by atoms with Crippen molar-refractivity contribution in [2.24, 2.45) is 5.92 Å². The van der Waals surface area contributed by atoms with Crippen molar-refractivity contribution >= 4 is 17.6 Å². The molecular formula is C19H23ClN2O3. The van der Waals surface area contributed by atoms with Gasteiger partial charge in [0.1, 0.15) is 18.4 Å². The maximum absolute atomic E-state index is 11.5. The lowest BCUT2D eigenvalue weighted by Crippen LogP contribution is -2.41. The Morgan fingerprint density at radius 1 is 1.40 bits per heavy atom. The summed E-state index contributed by atoms with van der Waals surface area (Å²) in [6.07, 6.45) is 4.24. The smallest absolute Gasteiger partial charge is 0.320 e. The first-order valence-electron chi connectivity index (χ1n) is 8.27. The Kier molecular flexibility index (Phi) is 7.22. The van der Waals surface area contributed by atoms with Gasteiger partial charge in [0, 0.05) is 35.1 Å². The van der Waals surface area contributed by atoms with Crippen LogP contribution in [0.1, 0.15) is 31.4 Å². The molecule has 5 nitrogen and oxygen atoms in total. The molecular weight excluding hydrogens is 340 g/mol. The number of carboxylic acid groups (broad SMARTS) is 1. The zero-order valence-electron chi connectivity index (χ0n) is 14.4. The number of ether oxygens (including phenoxy) is 1. The van der Waals surface area contributed by atoms with E-state index in [1.807, 2.05) is 26.0 Å². The fourth-order valence-corrected chi connectivity index (χ4v) is 2.65. The van der Waals surface area contributed by atoms with E-state index in [9.17, 15) is 9.90 Å². The second-order valence-electron chi connectivity index (χ2n) is 5.98. The van der Waals surface area contributed by atoms with E-state index in [-0.39, 0.29) is 5.92 Å². The molecule has 0 spiro atoms. The van der Waals surface area contributed by atoms with Crippen molar-refractivity contribution in [1.82, 2.24) is 10.3 Å². The standard InChI is InChI=1S/C19H23ClN2O3/c1-3-13(2)18(19(23)24)22-11-15-9-16(20)6-7-17(15)25-12-14-5-4-8-21-10-14/h4-10,13,18,22H,3,11-12H2,1-2H3,(H,23,24)/t13-,18-/m0/s1. The summed E-state index contributed by atoms with van der Waals surface area (Å²) in [6, 6.07) is 8.52. The number of hydrogen-bond acceptors (Lipinski definition) is 4. The highest BCUT2D eigenvalue weighted by Crippen LogP contribution is 2.24. The fraction of sp³-hybridized carbons (Fsp3) is 0.368. The summed E-state index contributed by atoms with van der Waals surface area (Å²) in [5.41, 5.74) is 1.78. The summed E-state index contributed by atoms with van der Waals surface area (Å²) in [5.74, 6) is -0.153. The number of benzene rings is 1. The van der Waals surface area contributed by atoms with Crippen LogP contribution in [0, 0.1) is 5.92 Å². The number of halogens is 1. The highest BCUT2D eigenvalue weighted by molar-refractivity contribution is 6.30. The highest BCUT2D eigenvalue weighted by atomic mass is 35.5. The van der Waals surface area contributed by atoms with Gasteiger partial charge in [-0.1, -0.05) is 37.9 Å². The maximum atomic E-state index is 11.5. The zero-order valence-corrected chi connectivity index (χ0v) is 15.2. The van der Waals surface area contributed by atoms with E-state index in [2.05, 4.69) is 10.3 Å². The van der Waals surface area contributed by atoms with Crippen molar-refractivity contribution in [3.05, 3.63) is 58.9 Å². The summed E-state index contributed by atoms with van der Waals surface area (Å²) in [7, 11) is 0. The number of nitrogens with zero attached hydrogens (tertiary/aromatic N) is 1. The Labute approximate surface area is 153 Å². The van der Waals surface area contributed by atoms with Crippen LogP contribution in [0.5, 0.6) is 5.75 Å². The molecule has 1 aromatic heterocycles. The molecule has 25 heavy (non-hydrogen) atoms. The van der Waals surface area contributed by atoms with E-state index in [0.29, 0.717) is 23.9 Å². The number of aliphatic carboxylic acids is 1. The lowest BCUT2D eigenvalue weighted by atomic mass is 9.99. The molecule has 0 unspecified atom stereocenters. The largest absolute Gasteiger partial charge is 0.489 e. The number of carboxylic acids is 1. The number of nitrogens with one attached hydrogen (secondary N) is 1. The molecule has 0 saturated heterocycles. The molecule has 0 bridgehead atoms. The number of hydrogen-bond donors (Lipinski definition) is 2. The topological polar surface area (TPSA) is 71.5 Å². The van der Waals surface area contributed by atoms with Crippen molar-refractivity contribution in [2.75, 3.05) is 0 Å². The van der Waals surface area contributed by atoms with Gasteiger partial charge in [-0.05, 0) is 30.2 Å². The van der Waals surface area contributed by atoms with Crippen LogP contribution in [0.25, 0.3) is 0 Å². The van der Waals surface area contributed by atoms with E-state index in [0.717, 1.165) is 17.5 Å². The minimum Gasteiger partial charge on any atom is -0.489 e. The number of carbonyl (C=O) groups is 1. The molecule has 2 atom stereocenters. The van der Waals surface area contributed by atoms with E-state index in [1.54, 1.807) is 30.6 Å². The molecule has 0 fully saturated rings. The lowest BCUT2D eigenvalue weighted by molar-refractivity contribution is -0.140. The van der Waals surface area contributed by atoms with Gasteiger partial charge in [0.15, 0.2) is 0 Å². The predicted octanol–water partition coefficient (Wildman–Crippen LogP) is 3.90. The second-order valence-corrected chi connectivity index (χ2v) is 6.42. The number of pyridine rings is 1. The van der Waals surface area contributed by atoms with Crippen molar-refractivity contribution in [3.63, 3.8) is 0 Å². The molecule has 2 rings (SSSR count). The Balaban J connectivity index is 2.08. The van der Waals surface area contributed by atoms with Gasteiger partial charge in [-0.15, -0.1) is 0 Å². The first kappa shape index (κ1) is 19.2. The normalized spacial score (nSPS) is 13.2. The van der Waals surface area contributed by atoms with Gasteiger partial charge in [-0.3, -0.25) is 15.1 Å². The number of rotatable bonds is 9. The first-order chi connectivity index (χ1) is 12.0. The summed E-state index contributed by atoms with van der Waals surface area (Å²) in [5, 5.41) is 13.1. The first-order valence-corrected chi connectivity index (χ1v) is 8.65. The molecule has 0 radical (unpaired) electrons. The van der Waals surface area contributed by atoms with E-state index in [1.165, 1.54) is 0 Å². The average molecular weight is 363 g/mol. The van der Waals surface area contributed by atoms with Crippen LogP contribution < -0.4 is 10.1 Å². The summed E-state index contributed by atoms with van der Waals surface area (Å²) >= 11 is 6.09. The van der Waals surface area contributed by atoms with Crippen LogP contribution >= 0.6 is 11.6 Å². The van der Waals surface area contributed by atoms with Gasteiger partial charge in [0.25, 0.3) is 0 Å². The summed E-state index contributed by atoms with van der Waals surface area (Å²) in [6.45, 7) is 4.65. The van der Waals surface area contributed by atoms with E-state index >= 15 is 0 Å². The van der Waals surface area contributed by atoms with Crippen LogP contribution in [-0.2, 0) is 17.9 Å². The van der Waals surface area contributed by atoms with Crippen LogP contribution in [-0.4, -0.2) is 22.1 Å². The molecule has 0 aliphatic carbocycles. The Morgan fingerprint density at radius 2 is 2.20 bits per heavy atom. The van der Waals surface area contributed by atoms with Crippen molar-refractivity contribution in [2.45, 2.75) is 39.5 Å².